The van der Waals surface area contributed by atoms with Gasteiger partial charge in [-0.05, 0) is 42.0 Å². The van der Waals surface area contributed by atoms with Gasteiger partial charge in [-0.3, -0.25) is 19.5 Å². The third kappa shape index (κ3) is 3.58. The number of halogens is 3. The van der Waals surface area contributed by atoms with Crippen molar-refractivity contribution in [1.29, 1.82) is 0 Å². The van der Waals surface area contributed by atoms with E-state index in [0.29, 0.717) is 11.3 Å². The largest absolute Gasteiger partial charge is 0.507 e. The highest BCUT2D eigenvalue weighted by atomic mass is 35.5. The monoisotopic (exact) mass is 456 g/mol. The van der Waals surface area contributed by atoms with Crippen molar-refractivity contribution in [3.63, 3.8) is 0 Å². The summed E-state index contributed by atoms with van der Waals surface area (Å²) < 4.78 is 32.6. The van der Waals surface area contributed by atoms with Crippen LogP contribution in [0.2, 0.25) is 5.02 Å². The zero-order valence-corrected chi connectivity index (χ0v) is 17.3. The Labute approximate surface area is 186 Å². The van der Waals surface area contributed by atoms with Gasteiger partial charge in [0.15, 0.2) is 11.6 Å². The van der Waals surface area contributed by atoms with Crippen LogP contribution < -0.4 is 9.64 Å². The van der Waals surface area contributed by atoms with Gasteiger partial charge in [0.1, 0.15) is 11.5 Å². The number of rotatable bonds is 4. The smallest absolute Gasteiger partial charge is 0.300 e. The van der Waals surface area contributed by atoms with Crippen LogP contribution in [0.4, 0.5) is 14.5 Å². The van der Waals surface area contributed by atoms with E-state index in [9.17, 15) is 23.5 Å². The molecule has 1 N–H and O–H groups in total. The molecule has 1 aliphatic rings. The Morgan fingerprint density at radius 1 is 1.12 bits per heavy atom. The van der Waals surface area contributed by atoms with Crippen LogP contribution in [-0.2, 0) is 9.59 Å². The Kier molecular flexibility index (Phi) is 5.63. The van der Waals surface area contributed by atoms with Gasteiger partial charge < -0.3 is 9.84 Å². The molecule has 0 aliphatic carbocycles. The van der Waals surface area contributed by atoms with E-state index in [0.717, 1.165) is 17.0 Å². The van der Waals surface area contributed by atoms with Gasteiger partial charge in [0, 0.05) is 29.7 Å². The molecule has 1 atom stereocenters. The predicted octanol–water partition coefficient (Wildman–Crippen LogP) is 4.65. The van der Waals surface area contributed by atoms with Gasteiger partial charge in [-0.15, -0.1) is 0 Å². The van der Waals surface area contributed by atoms with Crippen LogP contribution in [0.1, 0.15) is 17.2 Å². The molecule has 1 unspecified atom stereocenters. The van der Waals surface area contributed by atoms with Gasteiger partial charge in [0.05, 0.1) is 23.7 Å². The summed E-state index contributed by atoms with van der Waals surface area (Å²) >= 11 is 6.23. The lowest BCUT2D eigenvalue weighted by atomic mass is 9.96. The number of nitrogens with zero attached hydrogens (tertiary/aromatic N) is 2. The van der Waals surface area contributed by atoms with Crippen molar-refractivity contribution in [2.45, 2.75) is 6.04 Å². The number of ketones is 1. The molecule has 162 valence electrons. The van der Waals surface area contributed by atoms with Crippen molar-refractivity contribution < 1.29 is 28.2 Å². The number of carbonyl (C=O) groups excluding carboxylic acids is 2. The molecule has 1 fully saturated rings. The molecule has 0 bridgehead atoms. The topological polar surface area (TPSA) is 79.7 Å². The fraction of sp³-hybridized carbons (Fsp3) is 0.0870. The molecule has 2 aromatic carbocycles. The Morgan fingerprint density at radius 2 is 1.91 bits per heavy atom. The van der Waals surface area contributed by atoms with Gasteiger partial charge >= 0.3 is 0 Å². The number of hydrogen-bond acceptors (Lipinski definition) is 5. The third-order valence-corrected chi connectivity index (χ3v) is 5.38. The Hall–Kier alpha value is -3.78. The minimum Gasteiger partial charge on any atom is -0.507 e. The number of Topliss-reactive ketones (excluding diaryl/α,β-unsaturated/α-hetero) is 1. The molecule has 1 amide bonds. The lowest BCUT2D eigenvalue weighted by Crippen LogP contribution is -2.29. The lowest BCUT2D eigenvalue weighted by molar-refractivity contribution is -0.132. The van der Waals surface area contributed by atoms with Gasteiger partial charge in [0.25, 0.3) is 11.7 Å². The van der Waals surface area contributed by atoms with Crippen molar-refractivity contribution in [2.24, 2.45) is 0 Å². The van der Waals surface area contributed by atoms with Crippen LogP contribution in [0.3, 0.4) is 0 Å². The maximum atomic E-state index is 13.9. The maximum absolute atomic E-state index is 13.9. The molecule has 0 radical (unpaired) electrons. The molecule has 1 aromatic heterocycles. The highest BCUT2D eigenvalue weighted by Crippen LogP contribution is 2.43. The first-order valence-electron chi connectivity index (χ1n) is 9.33. The first kappa shape index (κ1) is 21.5. The number of ether oxygens (including phenoxy) is 1. The average Bonchev–Trinajstić information content (AvgIpc) is 3.07. The molecule has 32 heavy (non-hydrogen) atoms. The molecule has 1 aliphatic heterocycles. The SMILES string of the molecule is COc1ccc(Cl)c(/C(O)=C2\C(=O)C(=O)N(c3ccc(F)c(F)c3)C2c2cccnc2)c1. The van der Waals surface area contributed by atoms with Gasteiger partial charge in [-0.25, -0.2) is 8.78 Å². The normalized spacial score (nSPS) is 17.6. The number of carbonyl (C=O) groups is 2. The van der Waals surface area contributed by atoms with Crippen LogP contribution in [-0.4, -0.2) is 28.9 Å². The quantitative estimate of drug-likeness (QED) is 0.351. The number of aliphatic hydroxyl groups excluding tert-OH is 1. The third-order valence-electron chi connectivity index (χ3n) is 5.05. The van der Waals surface area contributed by atoms with Gasteiger partial charge in [-0.2, -0.15) is 0 Å². The molecule has 2 heterocycles. The Balaban J connectivity index is 1.97. The zero-order chi connectivity index (χ0) is 23.0. The zero-order valence-electron chi connectivity index (χ0n) is 16.6. The predicted molar refractivity (Wildman–Crippen MR) is 113 cm³/mol. The van der Waals surface area contributed by atoms with E-state index in [-0.39, 0.29) is 21.8 Å². The second kappa shape index (κ2) is 8.39. The summed E-state index contributed by atoms with van der Waals surface area (Å²) in [6, 6.07) is 9.31. The van der Waals surface area contributed by atoms with Gasteiger partial charge in [-0.1, -0.05) is 17.7 Å². The van der Waals surface area contributed by atoms with Crippen molar-refractivity contribution in [2.75, 3.05) is 12.0 Å². The van der Waals surface area contributed by atoms with Crippen molar-refractivity contribution in [1.82, 2.24) is 4.98 Å². The molecular formula is C23H15ClF2N2O4. The number of aromatic nitrogens is 1. The van der Waals surface area contributed by atoms with E-state index in [2.05, 4.69) is 4.98 Å². The van der Waals surface area contributed by atoms with E-state index in [1.807, 2.05) is 0 Å². The number of methoxy groups -OCH3 is 1. The highest BCUT2D eigenvalue weighted by Gasteiger charge is 2.47. The number of benzene rings is 2. The van der Waals surface area contributed by atoms with Crippen LogP contribution in [0.5, 0.6) is 5.75 Å². The molecule has 1 saturated heterocycles. The highest BCUT2D eigenvalue weighted by molar-refractivity contribution is 6.52. The Morgan fingerprint density at radius 3 is 2.56 bits per heavy atom. The number of pyridine rings is 1. The van der Waals surface area contributed by atoms with E-state index >= 15 is 0 Å². The first-order chi connectivity index (χ1) is 15.3. The second-order valence-corrected chi connectivity index (χ2v) is 7.31. The minimum absolute atomic E-state index is 0.0596. The van der Waals surface area contributed by atoms with E-state index in [1.165, 1.54) is 37.7 Å². The van der Waals surface area contributed by atoms with Crippen LogP contribution in [0, 0.1) is 11.6 Å². The van der Waals surface area contributed by atoms with Crippen LogP contribution in [0.25, 0.3) is 5.76 Å². The minimum atomic E-state index is -1.19. The summed E-state index contributed by atoms with van der Waals surface area (Å²) in [7, 11) is 1.42. The van der Waals surface area contributed by atoms with Gasteiger partial charge in [0.2, 0.25) is 0 Å². The summed E-state index contributed by atoms with van der Waals surface area (Å²) in [4.78, 5) is 31.0. The molecule has 6 nitrogen and oxygen atoms in total. The Bertz CT molecular complexity index is 1260. The van der Waals surface area contributed by atoms with E-state index < -0.39 is 35.1 Å². The molecule has 9 heteroatoms. The summed E-state index contributed by atoms with van der Waals surface area (Å²) in [6.07, 6.45) is 2.90. The molecular weight excluding hydrogens is 442 g/mol. The lowest BCUT2D eigenvalue weighted by Gasteiger charge is -2.25. The molecule has 0 spiro atoms. The average molecular weight is 457 g/mol. The second-order valence-electron chi connectivity index (χ2n) is 6.90. The van der Waals surface area contributed by atoms with E-state index in [4.69, 9.17) is 16.3 Å². The fourth-order valence-corrected chi connectivity index (χ4v) is 3.75. The summed E-state index contributed by atoms with van der Waals surface area (Å²) in [5.41, 5.74) is 0.110. The van der Waals surface area contributed by atoms with Crippen LogP contribution in [0.15, 0.2) is 66.5 Å². The van der Waals surface area contributed by atoms with Crippen molar-refractivity contribution in [3.8, 4) is 5.75 Å². The molecule has 4 rings (SSSR count). The van der Waals surface area contributed by atoms with E-state index in [1.54, 1.807) is 18.2 Å². The number of hydrogen-bond donors (Lipinski definition) is 1. The number of amides is 1. The van der Waals surface area contributed by atoms with Crippen molar-refractivity contribution in [3.05, 3.63) is 94.3 Å². The van der Waals surface area contributed by atoms with Crippen LogP contribution >= 0.6 is 11.6 Å². The first-order valence-corrected chi connectivity index (χ1v) is 9.71. The summed E-state index contributed by atoms with van der Waals surface area (Å²) in [5.74, 6) is -4.50. The van der Waals surface area contributed by atoms with Crippen molar-refractivity contribution >= 4 is 34.7 Å². The molecule has 3 aromatic rings. The number of aliphatic hydroxyl groups is 1. The standard InChI is InChI=1S/C23H15ClF2N2O4/c1-32-14-5-6-16(24)15(10-14)21(29)19-20(12-3-2-8-27-11-12)28(23(31)22(19)30)13-4-7-17(25)18(26)9-13/h2-11,20,29H,1H3/b21-19+. The maximum Gasteiger partial charge on any atom is 0.300 e. The molecule has 0 saturated carbocycles. The number of anilines is 1. The fourth-order valence-electron chi connectivity index (χ4n) is 3.54. The summed E-state index contributed by atoms with van der Waals surface area (Å²) in [6.45, 7) is 0. The summed E-state index contributed by atoms with van der Waals surface area (Å²) in [5, 5.41) is 11.2.